The molecule has 1 rings (SSSR count). The smallest absolute Gasteiger partial charge is 0.310 e. The molecule has 0 saturated carbocycles. The van der Waals surface area contributed by atoms with Gasteiger partial charge in [0.2, 0.25) is 0 Å². The zero-order valence-corrected chi connectivity index (χ0v) is 10.3. The second-order valence-corrected chi connectivity index (χ2v) is 3.59. The van der Waals surface area contributed by atoms with E-state index in [-0.39, 0.29) is 5.97 Å². The predicted molar refractivity (Wildman–Crippen MR) is 67.1 cm³/mol. The number of methoxy groups -OCH3 is 1. The molecule has 0 radical (unpaired) electrons. The highest BCUT2D eigenvalue weighted by atomic mass is 16.5. The lowest BCUT2D eigenvalue weighted by atomic mass is 10.1. The van der Waals surface area contributed by atoms with Gasteiger partial charge < -0.3 is 9.47 Å². The molecule has 3 heteroatoms. The monoisotopic (exact) mass is 234 g/mol. The van der Waals surface area contributed by atoms with Crippen LogP contribution in [0.5, 0.6) is 5.75 Å². The van der Waals surface area contributed by atoms with Crippen molar-refractivity contribution < 1.29 is 14.3 Å². The number of rotatable bonds is 6. The normalized spacial score (nSPS) is 10.5. The van der Waals surface area contributed by atoms with Crippen LogP contribution in [0.15, 0.2) is 36.4 Å². The summed E-state index contributed by atoms with van der Waals surface area (Å²) in [6.45, 7) is 2.39. The Bertz CT molecular complexity index is 366. The first-order valence-electron chi connectivity index (χ1n) is 5.69. The number of carbonyl (C=O) groups excluding carboxylic acids is 1. The zero-order chi connectivity index (χ0) is 12.5. The van der Waals surface area contributed by atoms with Crippen molar-refractivity contribution in [3.63, 3.8) is 0 Å². The minimum absolute atomic E-state index is 0.212. The molecule has 1 aromatic rings. The fourth-order valence-corrected chi connectivity index (χ4v) is 1.34. The van der Waals surface area contributed by atoms with E-state index in [1.807, 2.05) is 43.3 Å². The molecule has 0 N–H and O–H groups in total. The van der Waals surface area contributed by atoms with Gasteiger partial charge in [0.25, 0.3) is 0 Å². The molecule has 0 aliphatic carbocycles. The summed E-state index contributed by atoms with van der Waals surface area (Å²) in [5.41, 5.74) is 0.926. The quantitative estimate of drug-likeness (QED) is 0.561. The molecule has 0 bridgehead atoms. The number of hydrogen-bond acceptors (Lipinski definition) is 3. The van der Waals surface area contributed by atoms with Crippen LogP contribution in [0.25, 0.3) is 0 Å². The van der Waals surface area contributed by atoms with Gasteiger partial charge in [-0.3, -0.25) is 4.79 Å². The second kappa shape index (κ2) is 7.49. The van der Waals surface area contributed by atoms with E-state index < -0.39 is 0 Å². The van der Waals surface area contributed by atoms with Crippen LogP contribution in [0.1, 0.15) is 18.9 Å². The molecule has 0 saturated heterocycles. The Hall–Kier alpha value is -1.77. The fraction of sp³-hybridized carbons (Fsp3) is 0.357. The summed E-state index contributed by atoms with van der Waals surface area (Å²) in [6, 6.07) is 7.39. The lowest BCUT2D eigenvalue weighted by Gasteiger charge is -2.03. The van der Waals surface area contributed by atoms with Crippen molar-refractivity contribution in [1.29, 1.82) is 0 Å². The maximum Gasteiger partial charge on any atom is 0.310 e. The summed E-state index contributed by atoms with van der Waals surface area (Å²) in [6.07, 6.45) is 5.08. The largest absolute Gasteiger partial charge is 0.497 e. The van der Waals surface area contributed by atoms with Crippen molar-refractivity contribution in [2.75, 3.05) is 13.7 Å². The summed E-state index contributed by atoms with van der Waals surface area (Å²) in [5, 5.41) is 0. The molecule has 0 spiro atoms. The molecule has 0 aliphatic heterocycles. The predicted octanol–water partition coefficient (Wildman–Crippen LogP) is 2.75. The van der Waals surface area contributed by atoms with E-state index in [9.17, 15) is 4.79 Å². The zero-order valence-electron chi connectivity index (χ0n) is 10.3. The van der Waals surface area contributed by atoms with E-state index in [0.717, 1.165) is 17.7 Å². The molecule has 0 heterocycles. The first-order chi connectivity index (χ1) is 8.26. The molecule has 17 heavy (non-hydrogen) atoms. The molecule has 0 atom stereocenters. The molecule has 0 unspecified atom stereocenters. The van der Waals surface area contributed by atoms with Crippen molar-refractivity contribution in [3.8, 4) is 5.75 Å². The van der Waals surface area contributed by atoms with Gasteiger partial charge in [-0.25, -0.2) is 0 Å². The van der Waals surface area contributed by atoms with Gasteiger partial charge in [0.15, 0.2) is 0 Å². The standard InChI is InChI=1S/C14H18O3/c1-3-4-5-10-17-14(15)11-12-6-8-13(16-2)9-7-12/h4-9H,3,10-11H2,1-2H3. The number of allylic oxidation sites excluding steroid dienone is 1. The Balaban J connectivity index is 2.37. The van der Waals surface area contributed by atoms with Crippen LogP contribution in [0, 0.1) is 0 Å². The van der Waals surface area contributed by atoms with Gasteiger partial charge in [0.05, 0.1) is 13.5 Å². The van der Waals surface area contributed by atoms with Gasteiger partial charge in [0.1, 0.15) is 12.4 Å². The summed E-state index contributed by atoms with van der Waals surface area (Å²) >= 11 is 0. The number of hydrogen-bond donors (Lipinski definition) is 0. The number of esters is 1. The number of ether oxygens (including phenoxy) is 2. The maximum absolute atomic E-state index is 11.4. The topological polar surface area (TPSA) is 35.5 Å². The highest BCUT2D eigenvalue weighted by Gasteiger charge is 2.03. The number of carbonyl (C=O) groups is 1. The molecule has 0 aromatic heterocycles. The van der Waals surface area contributed by atoms with Crippen LogP contribution in [-0.4, -0.2) is 19.7 Å². The van der Waals surface area contributed by atoms with Gasteiger partial charge in [-0.1, -0.05) is 31.2 Å². The Morgan fingerprint density at radius 1 is 1.24 bits per heavy atom. The highest BCUT2D eigenvalue weighted by Crippen LogP contribution is 2.11. The average molecular weight is 234 g/mol. The second-order valence-electron chi connectivity index (χ2n) is 3.59. The van der Waals surface area contributed by atoms with E-state index in [2.05, 4.69) is 0 Å². The van der Waals surface area contributed by atoms with Crippen LogP contribution >= 0.6 is 0 Å². The maximum atomic E-state index is 11.4. The third kappa shape index (κ3) is 5.20. The van der Waals surface area contributed by atoms with Crippen LogP contribution in [0.3, 0.4) is 0 Å². The minimum atomic E-state index is -0.212. The molecule has 0 aliphatic rings. The van der Waals surface area contributed by atoms with Gasteiger partial charge >= 0.3 is 5.97 Å². The first kappa shape index (κ1) is 13.3. The molecule has 3 nitrogen and oxygen atoms in total. The van der Waals surface area contributed by atoms with Gasteiger partial charge in [-0.2, -0.15) is 0 Å². The Morgan fingerprint density at radius 3 is 2.53 bits per heavy atom. The van der Waals surface area contributed by atoms with Gasteiger partial charge in [0, 0.05) is 0 Å². The summed E-state index contributed by atoms with van der Waals surface area (Å²) in [5.74, 6) is 0.573. The highest BCUT2D eigenvalue weighted by molar-refractivity contribution is 5.72. The first-order valence-corrected chi connectivity index (χ1v) is 5.69. The van der Waals surface area contributed by atoms with Crippen molar-refractivity contribution in [2.24, 2.45) is 0 Å². The van der Waals surface area contributed by atoms with Crippen LogP contribution < -0.4 is 4.74 Å². The molecule has 0 fully saturated rings. The molecule has 92 valence electrons. The number of benzene rings is 1. The van der Waals surface area contributed by atoms with Crippen LogP contribution in [-0.2, 0) is 16.0 Å². The molecule has 1 aromatic carbocycles. The third-order valence-corrected chi connectivity index (χ3v) is 2.25. The van der Waals surface area contributed by atoms with Crippen molar-refractivity contribution in [3.05, 3.63) is 42.0 Å². The Morgan fingerprint density at radius 2 is 1.94 bits per heavy atom. The SMILES string of the molecule is CCC=CCOC(=O)Cc1ccc(OC)cc1. The van der Waals surface area contributed by atoms with Gasteiger partial charge in [-0.15, -0.1) is 0 Å². The lowest BCUT2D eigenvalue weighted by Crippen LogP contribution is -2.07. The van der Waals surface area contributed by atoms with Crippen molar-refractivity contribution >= 4 is 5.97 Å². The van der Waals surface area contributed by atoms with Crippen molar-refractivity contribution in [1.82, 2.24) is 0 Å². The van der Waals surface area contributed by atoms with E-state index in [4.69, 9.17) is 9.47 Å². The molecular weight excluding hydrogens is 216 g/mol. The van der Waals surface area contributed by atoms with Crippen molar-refractivity contribution in [2.45, 2.75) is 19.8 Å². The van der Waals surface area contributed by atoms with E-state index in [1.54, 1.807) is 7.11 Å². The summed E-state index contributed by atoms with van der Waals surface area (Å²) in [4.78, 5) is 11.4. The van der Waals surface area contributed by atoms with Crippen LogP contribution in [0.4, 0.5) is 0 Å². The molecule has 0 amide bonds. The van der Waals surface area contributed by atoms with Crippen LogP contribution in [0.2, 0.25) is 0 Å². The Kier molecular flexibility index (Phi) is 5.86. The average Bonchev–Trinajstić information content (AvgIpc) is 2.36. The molecular formula is C14H18O3. The van der Waals surface area contributed by atoms with E-state index in [0.29, 0.717) is 13.0 Å². The van der Waals surface area contributed by atoms with Gasteiger partial charge in [-0.05, 0) is 24.1 Å². The minimum Gasteiger partial charge on any atom is -0.497 e. The third-order valence-electron chi connectivity index (χ3n) is 2.25. The lowest BCUT2D eigenvalue weighted by molar-refractivity contribution is -0.141. The summed E-state index contributed by atoms with van der Waals surface area (Å²) in [7, 11) is 1.61. The van der Waals surface area contributed by atoms with E-state index >= 15 is 0 Å². The Labute approximate surface area is 102 Å². The summed E-state index contributed by atoms with van der Waals surface area (Å²) < 4.78 is 10.1. The fourth-order valence-electron chi connectivity index (χ4n) is 1.34. The van der Waals surface area contributed by atoms with E-state index in [1.165, 1.54) is 0 Å².